The zero-order valence-electron chi connectivity index (χ0n) is 22.2. The highest BCUT2D eigenvalue weighted by molar-refractivity contribution is 5.89. The van der Waals surface area contributed by atoms with Crippen LogP contribution in [0.3, 0.4) is 0 Å². The Balaban J connectivity index is 0.000000482. The van der Waals surface area contributed by atoms with E-state index in [0.717, 1.165) is 37.4 Å². The summed E-state index contributed by atoms with van der Waals surface area (Å²) in [6.07, 6.45) is 4.98. The first-order chi connectivity index (χ1) is 19.5. The van der Waals surface area contributed by atoms with Crippen LogP contribution in [-0.2, 0) is 22.6 Å². The number of ether oxygens (including phenoxy) is 1. The summed E-state index contributed by atoms with van der Waals surface area (Å²) in [6, 6.07) is 35.8. The van der Waals surface area contributed by atoms with Crippen LogP contribution in [0.25, 0.3) is 0 Å². The minimum absolute atomic E-state index is 0.417. The molecule has 3 aromatic carbocycles. The van der Waals surface area contributed by atoms with Gasteiger partial charge in [-0.3, -0.25) is 4.98 Å². The molecule has 0 aliphatic rings. The Morgan fingerprint density at radius 1 is 0.750 bits per heavy atom. The monoisotopic (exact) mass is 538 g/mol. The van der Waals surface area contributed by atoms with Gasteiger partial charge in [0.1, 0.15) is 12.4 Å². The quantitative estimate of drug-likeness (QED) is 0.147. The fourth-order valence-electron chi connectivity index (χ4n) is 4.04. The molecule has 1 heterocycles. The van der Waals surface area contributed by atoms with Gasteiger partial charge in [-0.25, -0.2) is 9.59 Å². The van der Waals surface area contributed by atoms with E-state index in [1.165, 1.54) is 16.7 Å². The van der Waals surface area contributed by atoms with Gasteiger partial charge in [-0.1, -0.05) is 78.9 Å². The number of aliphatic carboxylic acids is 2. The molecular formula is C33H34N2O5. The van der Waals surface area contributed by atoms with Crippen LogP contribution < -0.4 is 10.1 Å². The van der Waals surface area contributed by atoms with Crippen LogP contribution in [0, 0.1) is 0 Å². The third kappa shape index (κ3) is 11.3. The number of aromatic nitrogens is 1. The van der Waals surface area contributed by atoms with E-state index in [9.17, 15) is 9.59 Å². The number of hydrogen-bond donors (Lipinski definition) is 3. The largest absolute Gasteiger partial charge is 0.487 e. The van der Waals surface area contributed by atoms with Crippen molar-refractivity contribution in [3.05, 3.63) is 144 Å². The van der Waals surface area contributed by atoms with Crippen LogP contribution in [-0.4, -0.2) is 40.2 Å². The molecule has 0 fully saturated rings. The van der Waals surface area contributed by atoms with Gasteiger partial charge in [-0.2, -0.15) is 0 Å². The van der Waals surface area contributed by atoms with Gasteiger partial charge in [0.25, 0.3) is 0 Å². The number of pyridine rings is 1. The molecule has 0 saturated heterocycles. The van der Waals surface area contributed by atoms with E-state index in [1.54, 1.807) is 6.20 Å². The molecule has 4 rings (SSSR count). The van der Waals surface area contributed by atoms with Crippen molar-refractivity contribution in [3.63, 3.8) is 0 Å². The van der Waals surface area contributed by atoms with Crippen LogP contribution in [0.1, 0.15) is 34.7 Å². The number of carboxylic acids is 2. The summed E-state index contributed by atoms with van der Waals surface area (Å²) in [4.78, 5) is 23.4. The van der Waals surface area contributed by atoms with E-state index in [0.29, 0.717) is 24.7 Å². The fraction of sp³-hybridized carbons (Fsp3) is 0.182. The number of nitrogens with zero attached hydrogens (tertiary/aromatic N) is 1. The summed E-state index contributed by atoms with van der Waals surface area (Å²) in [6.45, 7) is 2.44. The van der Waals surface area contributed by atoms with Gasteiger partial charge in [0.15, 0.2) is 0 Å². The van der Waals surface area contributed by atoms with Crippen LogP contribution in [0.4, 0.5) is 0 Å². The standard InChI is InChI=1S/C29H30N2O.C4H4O4/c1-3-9-25(10-4-1)29(26-11-5-2-6-12-26)19-22-30-21-18-24-14-16-28(17-15-24)32-23-27-13-7-8-20-31-27;5-3(6)1-2-4(7)8/h1-17,20,29-30H,18-19,21-23H2;1-2H,(H,5,6)(H,7,8)/b;2-1-. The van der Waals surface area contributed by atoms with Crippen molar-refractivity contribution >= 4 is 11.9 Å². The molecule has 0 aliphatic carbocycles. The molecule has 0 atom stereocenters. The smallest absolute Gasteiger partial charge is 0.328 e. The Morgan fingerprint density at radius 3 is 1.85 bits per heavy atom. The van der Waals surface area contributed by atoms with E-state index in [-0.39, 0.29) is 0 Å². The highest BCUT2D eigenvalue weighted by atomic mass is 16.5. The van der Waals surface area contributed by atoms with E-state index in [1.807, 2.05) is 30.3 Å². The molecule has 0 amide bonds. The molecule has 3 N–H and O–H groups in total. The molecule has 0 radical (unpaired) electrons. The molecular weight excluding hydrogens is 504 g/mol. The van der Waals surface area contributed by atoms with Crippen LogP contribution in [0.15, 0.2) is 121 Å². The van der Waals surface area contributed by atoms with Gasteiger partial charge in [-0.05, 0) is 66.9 Å². The number of nitrogens with one attached hydrogen (secondary N) is 1. The summed E-state index contributed by atoms with van der Waals surface area (Å²) >= 11 is 0. The lowest BCUT2D eigenvalue weighted by atomic mass is 9.88. The van der Waals surface area contributed by atoms with Gasteiger partial charge in [0, 0.05) is 24.3 Å². The normalized spacial score (nSPS) is 10.6. The summed E-state index contributed by atoms with van der Waals surface area (Å²) < 4.78 is 5.82. The Bertz CT molecular complexity index is 1260. The number of benzene rings is 3. The molecule has 7 nitrogen and oxygen atoms in total. The van der Waals surface area contributed by atoms with Crippen LogP contribution in [0.5, 0.6) is 5.75 Å². The first-order valence-corrected chi connectivity index (χ1v) is 13.1. The zero-order chi connectivity index (χ0) is 28.4. The van der Waals surface area contributed by atoms with Crippen LogP contribution in [0.2, 0.25) is 0 Å². The maximum atomic E-state index is 9.55. The Kier molecular flexibility index (Phi) is 12.6. The number of carbonyl (C=O) groups is 2. The number of carboxylic acid groups (broad SMARTS) is 2. The second-order valence-corrected chi connectivity index (χ2v) is 8.93. The average Bonchev–Trinajstić information content (AvgIpc) is 2.99. The SMILES string of the molecule is O=C(O)/C=C\C(=O)O.c1ccc(C(CCNCCc2ccc(OCc3ccccn3)cc2)c2ccccc2)cc1. The first-order valence-electron chi connectivity index (χ1n) is 13.1. The van der Waals surface area contributed by atoms with Crippen molar-refractivity contribution in [1.82, 2.24) is 10.3 Å². The second kappa shape index (κ2) is 17.0. The van der Waals surface area contributed by atoms with Crippen molar-refractivity contribution in [3.8, 4) is 5.75 Å². The lowest BCUT2D eigenvalue weighted by Gasteiger charge is -2.18. The van der Waals surface area contributed by atoms with Gasteiger partial charge >= 0.3 is 11.9 Å². The lowest BCUT2D eigenvalue weighted by Crippen LogP contribution is -2.20. The predicted octanol–water partition coefficient (Wildman–Crippen LogP) is 5.73. The molecule has 0 spiro atoms. The van der Waals surface area contributed by atoms with Gasteiger partial charge in [0.2, 0.25) is 0 Å². The predicted molar refractivity (Wildman–Crippen MR) is 155 cm³/mol. The minimum Gasteiger partial charge on any atom is -0.487 e. The summed E-state index contributed by atoms with van der Waals surface area (Å²) in [5.41, 5.74) is 5.00. The van der Waals surface area contributed by atoms with Gasteiger partial charge in [-0.15, -0.1) is 0 Å². The van der Waals surface area contributed by atoms with E-state index < -0.39 is 11.9 Å². The average molecular weight is 539 g/mol. The Morgan fingerprint density at radius 2 is 1.32 bits per heavy atom. The van der Waals surface area contributed by atoms with Crippen LogP contribution >= 0.6 is 0 Å². The van der Waals surface area contributed by atoms with Crippen molar-refractivity contribution in [2.24, 2.45) is 0 Å². The first kappa shape index (κ1) is 29.8. The van der Waals surface area contributed by atoms with E-state index in [4.69, 9.17) is 14.9 Å². The number of rotatable bonds is 13. The maximum absolute atomic E-state index is 9.55. The molecule has 4 aromatic rings. The summed E-state index contributed by atoms with van der Waals surface area (Å²) in [5.74, 6) is -1.22. The second-order valence-electron chi connectivity index (χ2n) is 8.93. The maximum Gasteiger partial charge on any atom is 0.328 e. The zero-order valence-corrected chi connectivity index (χ0v) is 22.2. The molecule has 0 bridgehead atoms. The Hall–Kier alpha value is -4.75. The van der Waals surface area contributed by atoms with Crippen molar-refractivity contribution in [2.45, 2.75) is 25.4 Å². The molecule has 0 saturated carbocycles. The van der Waals surface area contributed by atoms with Crippen molar-refractivity contribution in [1.29, 1.82) is 0 Å². The van der Waals surface area contributed by atoms with Crippen molar-refractivity contribution in [2.75, 3.05) is 13.1 Å². The van der Waals surface area contributed by atoms with E-state index in [2.05, 4.69) is 83.1 Å². The molecule has 1 aromatic heterocycles. The van der Waals surface area contributed by atoms with E-state index >= 15 is 0 Å². The summed E-state index contributed by atoms with van der Waals surface area (Å²) in [7, 11) is 0. The topological polar surface area (TPSA) is 109 Å². The van der Waals surface area contributed by atoms with Gasteiger partial charge < -0.3 is 20.3 Å². The molecule has 0 aliphatic heterocycles. The molecule has 7 heteroatoms. The third-order valence-corrected chi connectivity index (χ3v) is 6.01. The molecule has 40 heavy (non-hydrogen) atoms. The highest BCUT2D eigenvalue weighted by Gasteiger charge is 2.13. The van der Waals surface area contributed by atoms with Gasteiger partial charge in [0.05, 0.1) is 5.69 Å². The Labute approximate surface area is 234 Å². The van der Waals surface area contributed by atoms with Crippen molar-refractivity contribution < 1.29 is 24.5 Å². The minimum atomic E-state index is -1.26. The fourth-order valence-corrected chi connectivity index (χ4v) is 4.04. The molecule has 206 valence electrons. The lowest BCUT2D eigenvalue weighted by molar-refractivity contribution is -0.134. The third-order valence-electron chi connectivity index (χ3n) is 6.01. The summed E-state index contributed by atoms with van der Waals surface area (Å²) in [5, 5.41) is 19.3. The number of hydrogen-bond acceptors (Lipinski definition) is 5. The molecule has 0 unspecified atom stereocenters. The highest BCUT2D eigenvalue weighted by Crippen LogP contribution is 2.27.